The van der Waals surface area contributed by atoms with Crippen LogP contribution in [0.5, 0.6) is 0 Å². The van der Waals surface area contributed by atoms with Crippen molar-refractivity contribution < 1.29 is 18.0 Å². The van der Waals surface area contributed by atoms with Gasteiger partial charge in [-0.05, 0) is 43.7 Å². The average molecular weight is 408 g/mol. The molecule has 0 spiro atoms. The van der Waals surface area contributed by atoms with E-state index in [1.165, 1.54) is 12.1 Å². The lowest BCUT2D eigenvalue weighted by Crippen LogP contribution is -2.15. The molecule has 1 heterocycles. The lowest BCUT2D eigenvalue weighted by atomic mass is 10.1. The highest BCUT2D eigenvalue weighted by molar-refractivity contribution is 6.31. The number of aryl methyl sites for hydroxylation is 1. The second-order valence-corrected chi connectivity index (χ2v) is 6.73. The third-order valence-electron chi connectivity index (χ3n) is 4.35. The van der Waals surface area contributed by atoms with Crippen molar-refractivity contribution in [2.75, 3.05) is 5.32 Å². The summed E-state index contributed by atoms with van der Waals surface area (Å²) in [5.74, 6) is -0.630. The fourth-order valence-electron chi connectivity index (χ4n) is 2.84. The minimum Gasteiger partial charge on any atom is -0.319 e. The molecule has 0 aliphatic carbocycles. The Hall–Kier alpha value is -2.80. The van der Waals surface area contributed by atoms with Crippen molar-refractivity contribution >= 4 is 23.2 Å². The molecule has 4 nitrogen and oxygen atoms in total. The number of benzene rings is 2. The van der Waals surface area contributed by atoms with Gasteiger partial charge in [0.1, 0.15) is 0 Å². The number of amides is 1. The second-order valence-electron chi connectivity index (χ2n) is 6.33. The number of nitrogens with one attached hydrogen (secondary N) is 1. The molecule has 0 aliphatic heterocycles. The molecule has 0 bridgehead atoms. The molecule has 0 saturated carbocycles. The SMILES string of the molecule is Cc1nn(Cc2ccccc2Cl)c(C)c1NC(=O)c1cccc(C(F)(F)F)c1. The molecule has 0 atom stereocenters. The van der Waals surface area contributed by atoms with Crippen molar-refractivity contribution in [2.45, 2.75) is 26.6 Å². The molecule has 8 heteroatoms. The van der Waals surface area contributed by atoms with Gasteiger partial charge >= 0.3 is 6.18 Å². The van der Waals surface area contributed by atoms with E-state index in [2.05, 4.69) is 10.4 Å². The van der Waals surface area contributed by atoms with Crippen LogP contribution >= 0.6 is 11.6 Å². The first-order valence-corrected chi connectivity index (χ1v) is 8.80. The minimum absolute atomic E-state index is 0.0764. The molecule has 3 aromatic rings. The summed E-state index contributed by atoms with van der Waals surface area (Å²) in [5.41, 5.74) is 1.62. The molecule has 1 aromatic heterocycles. The molecule has 146 valence electrons. The molecular formula is C20H17ClF3N3O. The Morgan fingerprint density at radius 2 is 1.86 bits per heavy atom. The fraction of sp³-hybridized carbons (Fsp3) is 0.200. The van der Waals surface area contributed by atoms with E-state index in [0.29, 0.717) is 28.6 Å². The number of aromatic nitrogens is 2. The fourth-order valence-corrected chi connectivity index (χ4v) is 3.04. The number of carbonyl (C=O) groups is 1. The van der Waals surface area contributed by atoms with E-state index >= 15 is 0 Å². The van der Waals surface area contributed by atoms with Crippen LogP contribution in [0.15, 0.2) is 48.5 Å². The molecule has 0 saturated heterocycles. The Labute approximate surface area is 164 Å². The number of nitrogens with zero attached hydrogens (tertiary/aromatic N) is 2. The van der Waals surface area contributed by atoms with Crippen LogP contribution in [0.4, 0.5) is 18.9 Å². The van der Waals surface area contributed by atoms with Gasteiger partial charge in [-0.1, -0.05) is 35.9 Å². The summed E-state index contributed by atoms with van der Waals surface area (Å²) in [4.78, 5) is 12.5. The summed E-state index contributed by atoms with van der Waals surface area (Å²) in [5, 5.41) is 7.69. The number of hydrogen-bond acceptors (Lipinski definition) is 2. The summed E-state index contributed by atoms with van der Waals surface area (Å²) in [6, 6.07) is 11.6. The molecule has 1 amide bonds. The van der Waals surface area contributed by atoms with Gasteiger partial charge in [-0.3, -0.25) is 9.48 Å². The first kappa shape index (κ1) is 19.9. The van der Waals surface area contributed by atoms with Gasteiger partial charge in [-0.15, -0.1) is 0 Å². The van der Waals surface area contributed by atoms with E-state index in [9.17, 15) is 18.0 Å². The molecule has 1 N–H and O–H groups in total. The third kappa shape index (κ3) is 4.20. The maximum Gasteiger partial charge on any atom is 0.416 e. The first-order chi connectivity index (χ1) is 13.2. The lowest BCUT2D eigenvalue weighted by Gasteiger charge is -2.10. The zero-order valence-electron chi connectivity index (χ0n) is 15.1. The van der Waals surface area contributed by atoms with E-state index in [1.54, 1.807) is 24.6 Å². The number of carbonyl (C=O) groups excluding carboxylic acids is 1. The number of rotatable bonds is 4. The molecule has 3 rings (SSSR count). The highest BCUT2D eigenvalue weighted by Gasteiger charge is 2.31. The molecule has 0 unspecified atom stereocenters. The maximum absolute atomic E-state index is 12.9. The smallest absolute Gasteiger partial charge is 0.319 e. The van der Waals surface area contributed by atoms with Crippen LogP contribution in [-0.4, -0.2) is 15.7 Å². The van der Waals surface area contributed by atoms with Gasteiger partial charge in [0.2, 0.25) is 0 Å². The number of alkyl halides is 3. The van der Waals surface area contributed by atoms with Crippen LogP contribution < -0.4 is 5.32 Å². The van der Waals surface area contributed by atoms with Gasteiger partial charge in [-0.25, -0.2) is 0 Å². The van der Waals surface area contributed by atoms with Crippen molar-refractivity contribution in [1.29, 1.82) is 0 Å². The highest BCUT2D eigenvalue weighted by Crippen LogP contribution is 2.30. The standard InChI is InChI=1S/C20H17ClF3N3O/c1-12-18(13(2)27(26-12)11-15-6-3-4-9-17(15)21)25-19(28)14-7-5-8-16(10-14)20(22,23)24/h3-10H,11H2,1-2H3,(H,25,28). The Bertz CT molecular complexity index is 1030. The van der Waals surface area contributed by atoms with E-state index in [4.69, 9.17) is 11.6 Å². The van der Waals surface area contributed by atoms with E-state index in [-0.39, 0.29) is 5.56 Å². The summed E-state index contributed by atoms with van der Waals surface area (Å²) in [6.45, 7) is 3.90. The topological polar surface area (TPSA) is 46.9 Å². The van der Waals surface area contributed by atoms with Crippen molar-refractivity contribution in [1.82, 2.24) is 9.78 Å². The molecule has 0 aliphatic rings. The zero-order chi connectivity index (χ0) is 20.5. The van der Waals surface area contributed by atoms with Crippen LogP contribution in [0.2, 0.25) is 5.02 Å². The van der Waals surface area contributed by atoms with Gasteiger partial charge in [-0.2, -0.15) is 18.3 Å². The van der Waals surface area contributed by atoms with Crippen molar-refractivity contribution in [2.24, 2.45) is 0 Å². The van der Waals surface area contributed by atoms with Crippen LogP contribution in [0.25, 0.3) is 0 Å². The monoisotopic (exact) mass is 407 g/mol. The van der Waals surface area contributed by atoms with E-state index in [0.717, 1.165) is 17.7 Å². The maximum atomic E-state index is 12.9. The lowest BCUT2D eigenvalue weighted by molar-refractivity contribution is -0.137. The van der Waals surface area contributed by atoms with Crippen molar-refractivity contribution in [3.63, 3.8) is 0 Å². The van der Waals surface area contributed by atoms with Gasteiger partial charge in [0, 0.05) is 10.6 Å². The molecule has 0 fully saturated rings. The Kier molecular flexibility index (Phi) is 5.47. The molecule has 2 aromatic carbocycles. The number of hydrogen-bond donors (Lipinski definition) is 1. The van der Waals surface area contributed by atoms with Gasteiger partial charge in [0.15, 0.2) is 0 Å². The zero-order valence-corrected chi connectivity index (χ0v) is 15.9. The minimum atomic E-state index is -4.51. The Balaban J connectivity index is 1.84. The van der Waals surface area contributed by atoms with Gasteiger partial charge in [0.05, 0.1) is 29.2 Å². The second kappa shape index (κ2) is 7.67. The van der Waals surface area contributed by atoms with Crippen molar-refractivity contribution in [3.05, 3.63) is 81.6 Å². The quantitative estimate of drug-likeness (QED) is 0.623. The van der Waals surface area contributed by atoms with Crippen LogP contribution in [-0.2, 0) is 12.7 Å². The largest absolute Gasteiger partial charge is 0.416 e. The Morgan fingerprint density at radius 1 is 1.14 bits per heavy atom. The predicted molar refractivity (Wildman–Crippen MR) is 102 cm³/mol. The van der Waals surface area contributed by atoms with E-state index < -0.39 is 17.6 Å². The highest BCUT2D eigenvalue weighted by atomic mass is 35.5. The van der Waals surface area contributed by atoms with Crippen LogP contribution in [0.3, 0.4) is 0 Å². The average Bonchev–Trinajstić information content (AvgIpc) is 2.90. The Morgan fingerprint density at radius 3 is 2.54 bits per heavy atom. The first-order valence-electron chi connectivity index (χ1n) is 8.43. The number of anilines is 1. The summed E-state index contributed by atoms with van der Waals surface area (Å²) in [6.07, 6.45) is -4.51. The molecule has 0 radical (unpaired) electrons. The summed E-state index contributed by atoms with van der Waals surface area (Å²) in [7, 11) is 0. The van der Waals surface area contributed by atoms with Gasteiger partial charge < -0.3 is 5.32 Å². The van der Waals surface area contributed by atoms with Crippen molar-refractivity contribution in [3.8, 4) is 0 Å². The van der Waals surface area contributed by atoms with Crippen LogP contribution in [0, 0.1) is 13.8 Å². The van der Waals surface area contributed by atoms with Gasteiger partial charge in [0.25, 0.3) is 5.91 Å². The molecule has 28 heavy (non-hydrogen) atoms. The summed E-state index contributed by atoms with van der Waals surface area (Å²) < 4.78 is 40.3. The van der Waals surface area contributed by atoms with Crippen LogP contribution in [0.1, 0.15) is 32.9 Å². The molecular weight excluding hydrogens is 391 g/mol. The number of halogens is 4. The summed E-state index contributed by atoms with van der Waals surface area (Å²) >= 11 is 6.19. The normalized spacial score (nSPS) is 11.5. The third-order valence-corrected chi connectivity index (χ3v) is 4.72. The van der Waals surface area contributed by atoms with E-state index in [1.807, 2.05) is 18.2 Å². The predicted octanol–water partition coefficient (Wildman–Crippen LogP) is 5.47.